The molecule has 0 amide bonds. The largest absolute Gasteiger partial charge is 0.452 e. The van der Waals surface area contributed by atoms with Gasteiger partial charge in [-0.05, 0) is 42.8 Å². The highest BCUT2D eigenvalue weighted by Crippen LogP contribution is 2.45. The number of benzene rings is 3. The summed E-state index contributed by atoms with van der Waals surface area (Å²) >= 11 is 1.57. The number of furan rings is 1. The maximum Gasteiger partial charge on any atom is 0.201 e. The summed E-state index contributed by atoms with van der Waals surface area (Å²) in [6.45, 7) is 2.98. The summed E-state index contributed by atoms with van der Waals surface area (Å²) in [5.74, 6) is 0.765. The molecule has 0 spiro atoms. The van der Waals surface area contributed by atoms with Gasteiger partial charge in [-0.3, -0.25) is 4.31 Å². The van der Waals surface area contributed by atoms with E-state index in [2.05, 4.69) is 33.5 Å². The predicted octanol–water partition coefficient (Wildman–Crippen LogP) is 6.00. The van der Waals surface area contributed by atoms with Gasteiger partial charge in [0.15, 0.2) is 5.76 Å². The number of rotatable bonds is 10. The van der Waals surface area contributed by atoms with Crippen LogP contribution in [-0.4, -0.2) is 26.6 Å². The van der Waals surface area contributed by atoms with Gasteiger partial charge in [-0.2, -0.15) is 11.0 Å². The Kier molecular flexibility index (Phi) is 7.51. The molecule has 8 heteroatoms. The summed E-state index contributed by atoms with van der Waals surface area (Å²) in [6, 6.07) is 20.4. The molecule has 0 saturated heterocycles. The maximum atomic E-state index is 13.5. The van der Waals surface area contributed by atoms with Crippen LogP contribution in [0.3, 0.4) is 0 Å². The summed E-state index contributed by atoms with van der Waals surface area (Å²) < 4.78 is 21.9. The second-order valence-corrected chi connectivity index (χ2v) is 7.91. The monoisotopic (exact) mass is 467 g/mol. The number of halogens is 1. The second-order valence-electron chi connectivity index (χ2n) is 7.10. The smallest absolute Gasteiger partial charge is 0.201 e. The van der Waals surface area contributed by atoms with Crippen molar-refractivity contribution in [3.8, 4) is 28.2 Å². The number of hydrogen-bond donors (Lipinski definition) is 2. The summed E-state index contributed by atoms with van der Waals surface area (Å²) in [4.78, 5) is 11.1. The summed E-state index contributed by atoms with van der Waals surface area (Å²) in [5.41, 5.74) is 10.2. The molecule has 0 aliphatic carbocycles. The van der Waals surface area contributed by atoms with Crippen molar-refractivity contribution >= 4 is 28.6 Å². The third kappa shape index (κ3) is 4.99. The third-order valence-electron chi connectivity index (χ3n) is 5.10. The van der Waals surface area contributed by atoms with Gasteiger partial charge in [-0.1, -0.05) is 42.3 Å². The molecule has 0 aliphatic rings. The molecule has 0 bridgehead atoms. The van der Waals surface area contributed by atoms with Gasteiger partial charge >= 0.3 is 0 Å². The number of fused-ring (bicyclic) bond motifs is 1. The quantitative estimate of drug-likeness (QED) is 0.128. The number of nitrogens with zero attached hydrogens (tertiary/aromatic N) is 1. The molecule has 0 fully saturated rings. The van der Waals surface area contributed by atoms with Crippen LogP contribution in [0.25, 0.3) is 33.4 Å². The van der Waals surface area contributed by atoms with Crippen molar-refractivity contribution < 1.29 is 18.5 Å². The Labute approximate surface area is 196 Å². The molecule has 3 aromatic carbocycles. The normalized spacial score (nSPS) is 11.2. The molecule has 0 radical (unpaired) electrons. The van der Waals surface area contributed by atoms with Crippen LogP contribution < -0.4 is 20.1 Å². The van der Waals surface area contributed by atoms with Crippen molar-refractivity contribution in [3.63, 3.8) is 0 Å². The van der Waals surface area contributed by atoms with Crippen molar-refractivity contribution in [1.82, 2.24) is 11.0 Å². The Bertz CT molecular complexity index is 1200. The van der Waals surface area contributed by atoms with E-state index >= 15 is 0 Å². The molecule has 0 atom stereocenters. The number of nitrogens with one attached hydrogen (secondary N) is 2. The fraction of sp³-hybridized carbons (Fsp3) is 0.200. The zero-order valence-corrected chi connectivity index (χ0v) is 19.5. The third-order valence-corrected chi connectivity index (χ3v) is 5.87. The van der Waals surface area contributed by atoms with Gasteiger partial charge in [0.05, 0.1) is 17.7 Å². The predicted molar refractivity (Wildman–Crippen MR) is 132 cm³/mol. The lowest BCUT2D eigenvalue weighted by Crippen LogP contribution is -2.29. The number of hydroxylamine groups is 2. The number of hydrogen-bond acceptors (Lipinski definition) is 7. The molecular formula is C25H26FN3O3S. The fourth-order valence-corrected chi connectivity index (χ4v) is 4.14. The van der Waals surface area contributed by atoms with Gasteiger partial charge < -0.3 is 14.1 Å². The Morgan fingerprint density at radius 3 is 2.45 bits per heavy atom. The highest BCUT2D eigenvalue weighted by atomic mass is 32.2. The van der Waals surface area contributed by atoms with Crippen LogP contribution in [0.4, 0.5) is 10.1 Å². The average Bonchev–Trinajstić information content (AvgIpc) is 3.20. The van der Waals surface area contributed by atoms with Crippen molar-refractivity contribution in [2.24, 2.45) is 0 Å². The molecule has 0 aliphatic heterocycles. The molecule has 4 aromatic rings. The molecule has 1 aromatic heterocycles. The van der Waals surface area contributed by atoms with E-state index in [1.165, 1.54) is 12.1 Å². The summed E-state index contributed by atoms with van der Waals surface area (Å²) in [6.07, 6.45) is 2.01. The SMILES string of the molecule is CCONCN(SC)c1cc2oc(-c3ccc(F)cc3)c(ONC)c2cc1-c1ccccc1. The first-order valence-corrected chi connectivity index (χ1v) is 11.8. The molecule has 0 unspecified atom stereocenters. The lowest BCUT2D eigenvalue weighted by molar-refractivity contribution is 0.0540. The first-order valence-electron chi connectivity index (χ1n) is 10.6. The molecule has 2 N–H and O–H groups in total. The average molecular weight is 468 g/mol. The van der Waals surface area contributed by atoms with E-state index in [0.717, 1.165) is 27.8 Å². The fourth-order valence-electron chi connectivity index (χ4n) is 3.61. The van der Waals surface area contributed by atoms with E-state index in [0.29, 0.717) is 30.4 Å². The maximum absolute atomic E-state index is 13.5. The van der Waals surface area contributed by atoms with Crippen molar-refractivity contribution in [3.05, 3.63) is 72.5 Å². The molecule has 172 valence electrons. The first kappa shape index (κ1) is 23.1. The molecule has 33 heavy (non-hydrogen) atoms. The molecular weight excluding hydrogens is 441 g/mol. The summed E-state index contributed by atoms with van der Waals surface area (Å²) in [7, 11) is 1.69. The Morgan fingerprint density at radius 2 is 1.79 bits per heavy atom. The number of anilines is 1. The minimum absolute atomic E-state index is 0.308. The lowest BCUT2D eigenvalue weighted by Gasteiger charge is -2.24. The zero-order valence-electron chi connectivity index (χ0n) is 18.7. The van der Waals surface area contributed by atoms with Gasteiger partial charge in [0.1, 0.15) is 18.1 Å². The van der Waals surface area contributed by atoms with Gasteiger partial charge in [0, 0.05) is 30.5 Å². The van der Waals surface area contributed by atoms with Crippen LogP contribution in [0, 0.1) is 5.82 Å². The minimum atomic E-state index is -0.308. The first-order chi connectivity index (χ1) is 16.2. The van der Waals surface area contributed by atoms with Crippen LogP contribution in [0.2, 0.25) is 0 Å². The van der Waals surface area contributed by atoms with Crippen LogP contribution in [0.1, 0.15) is 6.92 Å². The van der Waals surface area contributed by atoms with Crippen LogP contribution >= 0.6 is 11.9 Å². The molecule has 4 rings (SSSR count). The van der Waals surface area contributed by atoms with Gasteiger partial charge in [0.25, 0.3) is 0 Å². The topological polar surface area (TPSA) is 58.9 Å². The molecule has 1 heterocycles. The highest BCUT2D eigenvalue weighted by Gasteiger charge is 2.22. The standard InChI is InChI=1S/C25H26FN3O3S/c1-4-30-28-16-29(33-3)22-15-23-21(14-20(22)17-8-6-5-7-9-17)25(32-27-2)24(31-23)18-10-12-19(26)13-11-18/h5-15,27-28H,4,16H2,1-3H3. The Hall–Kier alpha value is -3.04. The van der Waals surface area contributed by atoms with Crippen molar-refractivity contribution in [2.45, 2.75) is 6.92 Å². The van der Waals surface area contributed by atoms with Crippen LogP contribution in [0.5, 0.6) is 5.75 Å². The highest BCUT2D eigenvalue weighted by molar-refractivity contribution is 7.99. The Balaban J connectivity index is 1.91. The van der Waals surface area contributed by atoms with E-state index in [1.807, 2.05) is 37.4 Å². The minimum Gasteiger partial charge on any atom is -0.452 e. The van der Waals surface area contributed by atoms with E-state index in [-0.39, 0.29) is 5.82 Å². The van der Waals surface area contributed by atoms with E-state index in [9.17, 15) is 4.39 Å². The van der Waals surface area contributed by atoms with Gasteiger partial charge in [-0.15, -0.1) is 0 Å². The molecule has 6 nitrogen and oxygen atoms in total. The second kappa shape index (κ2) is 10.7. The zero-order chi connectivity index (χ0) is 23.2. The van der Waals surface area contributed by atoms with Gasteiger partial charge in [-0.25, -0.2) is 4.39 Å². The van der Waals surface area contributed by atoms with E-state index < -0.39 is 0 Å². The lowest BCUT2D eigenvalue weighted by atomic mass is 10.0. The van der Waals surface area contributed by atoms with Gasteiger partial charge in [0.2, 0.25) is 5.75 Å². The van der Waals surface area contributed by atoms with Crippen molar-refractivity contribution in [1.29, 1.82) is 0 Å². The Morgan fingerprint density at radius 1 is 1.03 bits per heavy atom. The van der Waals surface area contributed by atoms with E-state index in [1.54, 1.807) is 31.1 Å². The summed E-state index contributed by atoms with van der Waals surface area (Å²) in [5, 5.41) is 0.810. The van der Waals surface area contributed by atoms with Crippen molar-refractivity contribution in [2.75, 3.05) is 30.9 Å². The van der Waals surface area contributed by atoms with Crippen LogP contribution in [-0.2, 0) is 4.84 Å². The van der Waals surface area contributed by atoms with Crippen LogP contribution in [0.15, 0.2) is 71.1 Å². The van der Waals surface area contributed by atoms with E-state index in [4.69, 9.17) is 14.1 Å². The molecule has 0 saturated carbocycles.